The molecule has 0 radical (unpaired) electrons. The Kier molecular flexibility index (Phi) is 4.57. The third-order valence-electron chi connectivity index (χ3n) is 3.58. The number of nitrogen functional groups attached to an aromatic ring is 1. The van der Waals surface area contributed by atoms with Gasteiger partial charge in [-0.3, -0.25) is 4.79 Å². The van der Waals surface area contributed by atoms with Gasteiger partial charge in [0.15, 0.2) is 5.78 Å². The van der Waals surface area contributed by atoms with E-state index in [1.54, 1.807) is 0 Å². The summed E-state index contributed by atoms with van der Waals surface area (Å²) in [6.07, 6.45) is 2.63. The first kappa shape index (κ1) is 14.3. The molecule has 2 N–H and O–H groups in total. The highest BCUT2D eigenvalue weighted by Gasteiger charge is 2.06. The van der Waals surface area contributed by atoms with E-state index in [1.165, 1.54) is 0 Å². The molecule has 0 bridgehead atoms. The van der Waals surface area contributed by atoms with E-state index in [4.69, 9.17) is 5.73 Å². The first-order chi connectivity index (χ1) is 9.61. The lowest BCUT2D eigenvalue weighted by Gasteiger charge is -2.06. The van der Waals surface area contributed by atoms with Crippen LogP contribution in [0.3, 0.4) is 0 Å². The lowest BCUT2D eigenvalue weighted by atomic mass is 9.99. The van der Waals surface area contributed by atoms with Gasteiger partial charge >= 0.3 is 0 Å². The van der Waals surface area contributed by atoms with Gasteiger partial charge in [-0.05, 0) is 36.1 Å². The summed E-state index contributed by atoms with van der Waals surface area (Å²) in [7, 11) is 0. The van der Waals surface area contributed by atoms with Crippen LogP contribution >= 0.6 is 0 Å². The van der Waals surface area contributed by atoms with E-state index < -0.39 is 0 Å². The molecule has 0 atom stereocenters. The number of nitrogens with two attached hydrogens (primary N) is 1. The topological polar surface area (TPSA) is 43.1 Å². The van der Waals surface area contributed by atoms with E-state index in [-0.39, 0.29) is 5.78 Å². The predicted molar refractivity (Wildman–Crippen MR) is 84.9 cm³/mol. The average Bonchev–Trinajstić information content (AvgIpc) is 2.48. The molecule has 20 heavy (non-hydrogen) atoms. The van der Waals surface area contributed by atoms with Gasteiger partial charge in [0.25, 0.3) is 0 Å². The summed E-state index contributed by atoms with van der Waals surface area (Å²) >= 11 is 0. The van der Waals surface area contributed by atoms with Gasteiger partial charge in [-0.25, -0.2) is 0 Å². The van der Waals surface area contributed by atoms with Crippen LogP contribution in [0.1, 0.15) is 42.1 Å². The normalized spacial score (nSPS) is 10.5. The Balaban J connectivity index is 2.19. The number of anilines is 1. The monoisotopic (exact) mass is 267 g/mol. The largest absolute Gasteiger partial charge is 0.398 e. The van der Waals surface area contributed by atoms with Crippen molar-refractivity contribution in [1.29, 1.82) is 0 Å². The molecular formula is C18H21NO. The molecule has 2 rings (SSSR count). The number of carbonyl (C=O) groups excluding carboxylic acids is 1. The minimum atomic E-state index is 0.224. The van der Waals surface area contributed by atoms with Crippen LogP contribution in [0.4, 0.5) is 5.69 Å². The van der Waals surface area contributed by atoms with Gasteiger partial charge in [0.2, 0.25) is 0 Å². The van der Waals surface area contributed by atoms with Gasteiger partial charge in [-0.1, -0.05) is 49.7 Å². The summed E-state index contributed by atoms with van der Waals surface area (Å²) in [4.78, 5) is 11.9. The molecule has 0 aliphatic rings. The number of aryl methyl sites for hydroxylation is 1. The molecule has 0 amide bonds. The number of ketones is 1. The maximum absolute atomic E-state index is 11.9. The van der Waals surface area contributed by atoms with Crippen LogP contribution in [-0.2, 0) is 0 Å². The van der Waals surface area contributed by atoms with Gasteiger partial charge < -0.3 is 5.73 Å². The summed E-state index contributed by atoms with van der Waals surface area (Å²) < 4.78 is 0. The summed E-state index contributed by atoms with van der Waals surface area (Å²) in [5.74, 6) is 0.224. The SMILES string of the molecule is CCCCC(=O)c1ccc(-c2ccc(C)c(N)c2)cc1. The Labute approximate surface area is 120 Å². The Morgan fingerprint density at radius 3 is 2.30 bits per heavy atom. The lowest BCUT2D eigenvalue weighted by Crippen LogP contribution is -1.98. The van der Waals surface area contributed by atoms with Crippen molar-refractivity contribution in [3.05, 3.63) is 53.6 Å². The third kappa shape index (κ3) is 3.27. The van der Waals surface area contributed by atoms with E-state index in [2.05, 4.69) is 13.0 Å². The molecular weight excluding hydrogens is 246 g/mol. The highest BCUT2D eigenvalue weighted by Crippen LogP contribution is 2.24. The molecule has 2 nitrogen and oxygen atoms in total. The number of hydrogen-bond acceptors (Lipinski definition) is 2. The zero-order chi connectivity index (χ0) is 14.5. The first-order valence-electron chi connectivity index (χ1n) is 7.11. The Morgan fingerprint density at radius 1 is 1.05 bits per heavy atom. The van der Waals surface area contributed by atoms with Crippen molar-refractivity contribution in [3.8, 4) is 11.1 Å². The van der Waals surface area contributed by atoms with Crippen LogP contribution in [-0.4, -0.2) is 5.78 Å². The summed E-state index contributed by atoms with van der Waals surface area (Å²) in [6, 6.07) is 13.8. The molecule has 0 aliphatic carbocycles. The minimum absolute atomic E-state index is 0.224. The molecule has 0 heterocycles. The molecule has 2 aromatic rings. The van der Waals surface area contributed by atoms with E-state index >= 15 is 0 Å². The Morgan fingerprint density at radius 2 is 1.70 bits per heavy atom. The lowest BCUT2D eigenvalue weighted by molar-refractivity contribution is 0.0980. The summed E-state index contributed by atoms with van der Waals surface area (Å²) in [6.45, 7) is 4.09. The standard InChI is InChI=1S/C18H21NO/c1-3-4-5-18(20)15-10-8-14(9-11-15)16-7-6-13(2)17(19)12-16/h6-12H,3-5,19H2,1-2H3. The van der Waals surface area contributed by atoms with Crippen molar-refractivity contribution < 1.29 is 4.79 Å². The van der Waals surface area contributed by atoms with Crippen molar-refractivity contribution in [2.24, 2.45) is 0 Å². The molecule has 0 spiro atoms. The zero-order valence-electron chi connectivity index (χ0n) is 12.1. The maximum Gasteiger partial charge on any atom is 0.162 e. The molecule has 2 aromatic carbocycles. The quantitative estimate of drug-likeness (QED) is 0.634. The zero-order valence-corrected chi connectivity index (χ0v) is 12.1. The summed E-state index contributed by atoms with van der Waals surface area (Å²) in [5, 5.41) is 0. The third-order valence-corrected chi connectivity index (χ3v) is 3.58. The van der Waals surface area contributed by atoms with Crippen molar-refractivity contribution >= 4 is 11.5 Å². The first-order valence-corrected chi connectivity index (χ1v) is 7.11. The van der Waals surface area contributed by atoms with Gasteiger partial charge in [0.05, 0.1) is 0 Å². The van der Waals surface area contributed by atoms with Crippen molar-refractivity contribution in [1.82, 2.24) is 0 Å². The van der Waals surface area contributed by atoms with Gasteiger partial charge in [0.1, 0.15) is 0 Å². The Bertz CT molecular complexity index is 599. The molecule has 0 fully saturated rings. The maximum atomic E-state index is 11.9. The molecule has 0 saturated heterocycles. The smallest absolute Gasteiger partial charge is 0.162 e. The van der Waals surface area contributed by atoms with E-state index in [9.17, 15) is 4.79 Å². The van der Waals surface area contributed by atoms with Crippen molar-refractivity contribution in [2.75, 3.05) is 5.73 Å². The second kappa shape index (κ2) is 6.38. The van der Waals surface area contributed by atoms with E-state index in [1.807, 2.05) is 43.3 Å². The van der Waals surface area contributed by atoms with Gasteiger partial charge in [-0.15, -0.1) is 0 Å². The van der Waals surface area contributed by atoms with Crippen molar-refractivity contribution in [2.45, 2.75) is 33.1 Å². The number of rotatable bonds is 5. The molecule has 2 heteroatoms. The predicted octanol–water partition coefficient (Wildman–Crippen LogP) is 4.62. The molecule has 0 aromatic heterocycles. The fraction of sp³-hybridized carbons (Fsp3) is 0.278. The van der Waals surface area contributed by atoms with Gasteiger partial charge in [-0.2, -0.15) is 0 Å². The van der Waals surface area contributed by atoms with Crippen LogP contribution in [0, 0.1) is 6.92 Å². The molecule has 104 valence electrons. The van der Waals surface area contributed by atoms with Crippen LogP contribution in [0.5, 0.6) is 0 Å². The average molecular weight is 267 g/mol. The highest BCUT2D eigenvalue weighted by atomic mass is 16.1. The van der Waals surface area contributed by atoms with Crippen molar-refractivity contribution in [3.63, 3.8) is 0 Å². The molecule has 0 saturated carbocycles. The second-order valence-electron chi connectivity index (χ2n) is 5.18. The fourth-order valence-electron chi connectivity index (χ4n) is 2.15. The number of carbonyl (C=O) groups is 1. The van der Waals surface area contributed by atoms with Crippen LogP contribution in [0.25, 0.3) is 11.1 Å². The number of Topliss-reactive ketones (excluding diaryl/α,β-unsaturated/α-hetero) is 1. The minimum Gasteiger partial charge on any atom is -0.398 e. The highest BCUT2D eigenvalue weighted by molar-refractivity contribution is 5.96. The number of benzene rings is 2. The van der Waals surface area contributed by atoms with E-state index in [0.29, 0.717) is 6.42 Å². The molecule has 0 unspecified atom stereocenters. The number of hydrogen-bond donors (Lipinski definition) is 1. The number of unbranched alkanes of at least 4 members (excludes halogenated alkanes) is 1. The van der Waals surface area contributed by atoms with Crippen LogP contribution < -0.4 is 5.73 Å². The van der Waals surface area contributed by atoms with Gasteiger partial charge in [0, 0.05) is 17.7 Å². The second-order valence-corrected chi connectivity index (χ2v) is 5.18. The Hall–Kier alpha value is -2.09. The molecule has 0 aliphatic heterocycles. The van der Waals surface area contributed by atoms with E-state index in [0.717, 1.165) is 40.8 Å². The van der Waals surface area contributed by atoms with Crippen LogP contribution in [0.15, 0.2) is 42.5 Å². The van der Waals surface area contributed by atoms with Crippen LogP contribution in [0.2, 0.25) is 0 Å². The summed E-state index contributed by atoms with van der Waals surface area (Å²) in [5.41, 5.74) is 10.8. The fourth-order valence-corrected chi connectivity index (χ4v) is 2.15.